The Labute approximate surface area is 109 Å². The molecule has 0 saturated heterocycles. The number of hydrogen-bond acceptors (Lipinski definition) is 4. The van der Waals surface area contributed by atoms with Gasteiger partial charge >= 0.3 is 5.97 Å². The SMILES string of the molecule is O=C(O)C1CC=CCC1C(=O)NCc1cncs1. The number of allylic oxidation sites excluding steroid dienone is 2. The lowest BCUT2D eigenvalue weighted by Gasteiger charge is -2.24. The summed E-state index contributed by atoms with van der Waals surface area (Å²) < 4.78 is 0. The maximum absolute atomic E-state index is 12.0. The number of carboxylic acids is 1. The Kier molecular flexibility index (Phi) is 4.09. The molecular weight excluding hydrogens is 252 g/mol. The second-order valence-electron chi connectivity index (χ2n) is 4.18. The van der Waals surface area contributed by atoms with Crippen molar-refractivity contribution >= 4 is 23.2 Å². The van der Waals surface area contributed by atoms with Crippen LogP contribution in [0.15, 0.2) is 23.9 Å². The summed E-state index contributed by atoms with van der Waals surface area (Å²) >= 11 is 1.46. The number of thiazole rings is 1. The van der Waals surface area contributed by atoms with Gasteiger partial charge in [0.05, 0.1) is 23.9 Å². The number of aromatic nitrogens is 1. The molecule has 0 aromatic carbocycles. The van der Waals surface area contributed by atoms with Crippen molar-refractivity contribution in [1.82, 2.24) is 10.3 Å². The molecule has 1 heterocycles. The minimum absolute atomic E-state index is 0.194. The quantitative estimate of drug-likeness (QED) is 0.808. The first-order valence-corrected chi connectivity index (χ1v) is 6.59. The molecule has 0 saturated carbocycles. The van der Waals surface area contributed by atoms with Crippen molar-refractivity contribution in [3.8, 4) is 0 Å². The molecule has 1 aliphatic carbocycles. The van der Waals surface area contributed by atoms with Gasteiger partial charge in [-0.2, -0.15) is 0 Å². The van der Waals surface area contributed by atoms with Gasteiger partial charge < -0.3 is 10.4 Å². The van der Waals surface area contributed by atoms with E-state index in [0.29, 0.717) is 19.4 Å². The van der Waals surface area contributed by atoms with Crippen LogP contribution in [-0.4, -0.2) is 22.0 Å². The number of nitrogens with one attached hydrogen (secondary N) is 1. The lowest BCUT2D eigenvalue weighted by molar-refractivity contribution is -0.147. The highest BCUT2D eigenvalue weighted by Crippen LogP contribution is 2.26. The summed E-state index contributed by atoms with van der Waals surface area (Å²) in [6, 6.07) is 0. The van der Waals surface area contributed by atoms with E-state index in [0.717, 1.165) is 4.88 Å². The van der Waals surface area contributed by atoms with Crippen molar-refractivity contribution in [2.75, 3.05) is 0 Å². The fourth-order valence-corrected chi connectivity index (χ4v) is 2.55. The van der Waals surface area contributed by atoms with Crippen LogP contribution in [-0.2, 0) is 16.1 Å². The summed E-state index contributed by atoms with van der Waals surface area (Å²) in [4.78, 5) is 27.9. The number of carbonyl (C=O) groups excluding carboxylic acids is 1. The average Bonchev–Trinajstić information content (AvgIpc) is 2.89. The highest BCUT2D eigenvalue weighted by molar-refractivity contribution is 7.09. The van der Waals surface area contributed by atoms with Gasteiger partial charge in [-0.3, -0.25) is 14.6 Å². The van der Waals surface area contributed by atoms with Crippen molar-refractivity contribution in [1.29, 1.82) is 0 Å². The van der Waals surface area contributed by atoms with E-state index in [2.05, 4.69) is 10.3 Å². The Morgan fingerprint density at radius 3 is 2.72 bits per heavy atom. The number of amides is 1. The Balaban J connectivity index is 1.94. The predicted octanol–water partition coefficient (Wildman–Crippen LogP) is 1.43. The van der Waals surface area contributed by atoms with Crippen LogP contribution in [0.2, 0.25) is 0 Å². The van der Waals surface area contributed by atoms with Crippen molar-refractivity contribution in [2.24, 2.45) is 11.8 Å². The first-order valence-electron chi connectivity index (χ1n) is 5.71. The molecular formula is C12H14N2O3S. The maximum atomic E-state index is 12.0. The number of rotatable bonds is 4. The third kappa shape index (κ3) is 2.95. The Morgan fingerprint density at radius 2 is 2.11 bits per heavy atom. The van der Waals surface area contributed by atoms with Crippen LogP contribution in [0.5, 0.6) is 0 Å². The van der Waals surface area contributed by atoms with Crippen molar-refractivity contribution in [2.45, 2.75) is 19.4 Å². The summed E-state index contributed by atoms with van der Waals surface area (Å²) in [5.74, 6) is -2.19. The molecule has 0 bridgehead atoms. The van der Waals surface area contributed by atoms with Crippen LogP contribution in [0.25, 0.3) is 0 Å². The van der Waals surface area contributed by atoms with Crippen LogP contribution in [0.1, 0.15) is 17.7 Å². The Bertz CT molecular complexity index is 456. The number of carboxylic acid groups (broad SMARTS) is 1. The molecule has 1 amide bonds. The number of hydrogen-bond donors (Lipinski definition) is 2. The second kappa shape index (κ2) is 5.77. The normalized spacial score (nSPS) is 22.7. The zero-order valence-electron chi connectivity index (χ0n) is 9.70. The molecule has 0 radical (unpaired) electrons. The number of aliphatic carboxylic acids is 1. The van der Waals surface area contributed by atoms with E-state index >= 15 is 0 Å². The summed E-state index contributed by atoms with van der Waals surface area (Å²) in [6.07, 6.45) is 6.31. The monoisotopic (exact) mass is 266 g/mol. The van der Waals surface area contributed by atoms with Crippen LogP contribution < -0.4 is 5.32 Å². The molecule has 0 spiro atoms. The fourth-order valence-electron chi connectivity index (χ4n) is 2.01. The van der Waals surface area contributed by atoms with E-state index in [1.54, 1.807) is 11.7 Å². The number of carbonyl (C=O) groups is 2. The molecule has 1 aromatic heterocycles. The lowest BCUT2D eigenvalue weighted by Crippen LogP contribution is -2.38. The summed E-state index contributed by atoms with van der Waals surface area (Å²) in [5, 5.41) is 11.9. The zero-order valence-corrected chi connectivity index (χ0v) is 10.5. The molecule has 2 N–H and O–H groups in total. The molecule has 96 valence electrons. The number of nitrogens with zero attached hydrogens (tertiary/aromatic N) is 1. The molecule has 5 nitrogen and oxygen atoms in total. The van der Waals surface area contributed by atoms with Crippen molar-refractivity contribution < 1.29 is 14.7 Å². The second-order valence-corrected chi connectivity index (χ2v) is 5.15. The van der Waals surface area contributed by atoms with Crippen LogP contribution in [0, 0.1) is 11.8 Å². The molecule has 18 heavy (non-hydrogen) atoms. The molecule has 1 aliphatic rings. The molecule has 2 rings (SSSR count). The Hall–Kier alpha value is -1.69. The molecule has 6 heteroatoms. The highest BCUT2D eigenvalue weighted by atomic mass is 32.1. The van der Waals surface area contributed by atoms with Crippen LogP contribution >= 0.6 is 11.3 Å². The van der Waals surface area contributed by atoms with Gasteiger partial charge in [0.2, 0.25) is 5.91 Å². The molecule has 2 atom stereocenters. The van der Waals surface area contributed by atoms with E-state index in [4.69, 9.17) is 5.11 Å². The first-order chi connectivity index (χ1) is 8.68. The van der Waals surface area contributed by atoms with E-state index in [1.807, 2.05) is 12.2 Å². The van der Waals surface area contributed by atoms with Gasteiger partial charge in [-0.15, -0.1) is 11.3 Å². The minimum atomic E-state index is -0.905. The van der Waals surface area contributed by atoms with Gasteiger partial charge in [0.25, 0.3) is 0 Å². The fraction of sp³-hybridized carbons (Fsp3) is 0.417. The smallest absolute Gasteiger partial charge is 0.307 e. The molecule has 1 aromatic rings. The zero-order chi connectivity index (χ0) is 13.0. The minimum Gasteiger partial charge on any atom is -0.481 e. The van der Waals surface area contributed by atoms with Gasteiger partial charge in [-0.25, -0.2) is 0 Å². The molecule has 2 unspecified atom stereocenters. The van der Waals surface area contributed by atoms with Gasteiger partial charge in [0.1, 0.15) is 0 Å². The third-order valence-corrected chi connectivity index (χ3v) is 3.79. The van der Waals surface area contributed by atoms with Gasteiger partial charge in [0.15, 0.2) is 0 Å². The largest absolute Gasteiger partial charge is 0.481 e. The van der Waals surface area contributed by atoms with E-state index in [1.165, 1.54) is 11.3 Å². The van der Waals surface area contributed by atoms with Gasteiger partial charge in [-0.05, 0) is 12.8 Å². The molecule has 0 fully saturated rings. The van der Waals surface area contributed by atoms with Gasteiger partial charge in [0, 0.05) is 11.1 Å². The summed E-state index contributed by atoms with van der Waals surface area (Å²) in [7, 11) is 0. The van der Waals surface area contributed by atoms with E-state index in [-0.39, 0.29) is 5.91 Å². The summed E-state index contributed by atoms with van der Waals surface area (Å²) in [6.45, 7) is 0.413. The van der Waals surface area contributed by atoms with E-state index in [9.17, 15) is 9.59 Å². The van der Waals surface area contributed by atoms with Crippen molar-refractivity contribution in [3.05, 3.63) is 28.7 Å². The van der Waals surface area contributed by atoms with E-state index < -0.39 is 17.8 Å². The summed E-state index contributed by atoms with van der Waals surface area (Å²) in [5.41, 5.74) is 1.70. The first kappa shape index (κ1) is 12.8. The standard InChI is InChI=1S/C12H14N2O3S/c15-11(14-6-8-5-13-7-18-8)9-3-1-2-4-10(9)12(16)17/h1-2,5,7,9-10H,3-4,6H2,(H,14,15)(H,16,17). The topological polar surface area (TPSA) is 79.3 Å². The maximum Gasteiger partial charge on any atom is 0.307 e. The van der Waals surface area contributed by atoms with Crippen LogP contribution in [0.4, 0.5) is 0 Å². The van der Waals surface area contributed by atoms with Crippen LogP contribution in [0.3, 0.4) is 0 Å². The predicted molar refractivity (Wildman–Crippen MR) is 67.0 cm³/mol. The lowest BCUT2D eigenvalue weighted by atomic mass is 9.82. The Morgan fingerprint density at radius 1 is 1.39 bits per heavy atom. The molecule has 0 aliphatic heterocycles. The third-order valence-electron chi connectivity index (χ3n) is 3.01. The van der Waals surface area contributed by atoms with Gasteiger partial charge in [-0.1, -0.05) is 12.2 Å². The average molecular weight is 266 g/mol. The van der Waals surface area contributed by atoms with Crippen molar-refractivity contribution in [3.63, 3.8) is 0 Å². The highest BCUT2D eigenvalue weighted by Gasteiger charge is 2.33.